The molecule has 0 saturated carbocycles. The van der Waals surface area contributed by atoms with E-state index in [2.05, 4.69) is 15.6 Å². The lowest BCUT2D eigenvalue weighted by atomic mass is 10.2. The molecule has 0 unspecified atom stereocenters. The molecule has 1 rings (SSSR count). The van der Waals surface area contributed by atoms with Crippen LogP contribution in [0.25, 0.3) is 0 Å². The van der Waals surface area contributed by atoms with Crippen LogP contribution in [0.3, 0.4) is 0 Å². The van der Waals surface area contributed by atoms with Gasteiger partial charge in [-0.3, -0.25) is 20.3 Å². The normalized spacial score (nSPS) is 10.6. The zero-order valence-electron chi connectivity index (χ0n) is 10.9. The highest BCUT2D eigenvalue weighted by Crippen LogP contribution is 2.11. The minimum absolute atomic E-state index is 0.101. The van der Waals surface area contributed by atoms with Gasteiger partial charge in [0.15, 0.2) is 0 Å². The average Bonchev–Trinajstić information content (AvgIpc) is 2.44. The van der Waals surface area contributed by atoms with Gasteiger partial charge < -0.3 is 10.2 Å². The largest absolute Gasteiger partial charge is 0.466 e. The van der Waals surface area contributed by atoms with Crippen molar-refractivity contribution in [3.63, 3.8) is 0 Å². The Morgan fingerprint density at radius 1 is 1.25 bits per heavy atom. The fourth-order valence-corrected chi connectivity index (χ4v) is 1.23. The number of methoxy groups -OCH3 is 1. The van der Waals surface area contributed by atoms with Crippen molar-refractivity contribution in [3.05, 3.63) is 51.7 Å². The molecule has 0 aliphatic rings. The zero-order valence-corrected chi connectivity index (χ0v) is 10.9. The maximum atomic E-state index is 11.7. The van der Waals surface area contributed by atoms with Gasteiger partial charge in [0, 0.05) is 29.5 Å². The molecule has 2 N–H and O–H groups in total. The van der Waals surface area contributed by atoms with Crippen LogP contribution in [-0.4, -0.2) is 23.9 Å². The number of nitro benzene ring substituents is 1. The minimum Gasteiger partial charge on any atom is -0.466 e. The molecular formula is C12H13N3O5. The van der Waals surface area contributed by atoms with Crippen LogP contribution in [0.1, 0.15) is 17.3 Å². The number of non-ortho nitro benzene ring substituents is 1. The maximum Gasteiger partial charge on any atom is 0.332 e. The molecule has 0 atom stereocenters. The molecule has 0 radical (unpaired) electrons. The fraction of sp³-hybridized carbons (Fsp3) is 0.167. The van der Waals surface area contributed by atoms with Crippen LogP contribution >= 0.6 is 0 Å². The Labute approximate surface area is 114 Å². The van der Waals surface area contributed by atoms with Gasteiger partial charge in [0.1, 0.15) is 0 Å². The van der Waals surface area contributed by atoms with Gasteiger partial charge in [-0.05, 0) is 19.1 Å². The van der Waals surface area contributed by atoms with E-state index < -0.39 is 16.8 Å². The van der Waals surface area contributed by atoms with Crippen molar-refractivity contribution in [2.45, 2.75) is 6.92 Å². The van der Waals surface area contributed by atoms with Crippen molar-refractivity contribution < 1.29 is 19.2 Å². The third kappa shape index (κ3) is 4.41. The van der Waals surface area contributed by atoms with Crippen LogP contribution in [0.5, 0.6) is 0 Å². The minimum atomic E-state index is -0.556. The quantitative estimate of drug-likeness (QED) is 0.358. The second-order valence-electron chi connectivity index (χ2n) is 3.73. The molecule has 0 bridgehead atoms. The van der Waals surface area contributed by atoms with Crippen LogP contribution < -0.4 is 10.9 Å². The summed E-state index contributed by atoms with van der Waals surface area (Å²) in [6.07, 6.45) is 1.16. The summed E-state index contributed by atoms with van der Waals surface area (Å²) in [6.45, 7) is 1.56. The Hall–Kier alpha value is -2.90. The summed E-state index contributed by atoms with van der Waals surface area (Å²) < 4.78 is 4.42. The number of hydrogen-bond donors (Lipinski definition) is 2. The molecular weight excluding hydrogens is 266 g/mol. The fourth-order valence-electron chi connectivity index (χ4n) is 1.23. The zero-order chi connectivity index (χ0) is 15.1. The number of carbonyl (C=O) groups excluding carboxylic acids is 2. The van der Waals surface area contributed by atoms with Crippen molar-refractivity contribution in [3.8, 4) is 0 Å². The molecule has 1 aromatic carbocycles. The number of nitrogens with zero attached hydrogens (tertiary/aromatic N) is 1. The molecule has 0 saturated heterocycles. The summed E-state index contributed by atoms with van der Waals surface area (Å²) in [4.78, 5) is 32.5. The Balaban J connectivity index is 2.61. The number of hydrogen-bond acceptors (Lipinski definition) is 6. The smallest absolute Gasteiger partial charge is 0.332 e. The van der Waals surface area contributed by atoms with Gasteiger partial charge in [0.2, 0.25) is 0 Å². The Bertz CT molecular complexity index is 551. The van der Waals surface area contributed by atoms with Crippen molar-refractivity contribution in [1.82, 2.24) is 10.9 Å². The van der Waals surface area contributed by atoms with Gasteiger partial charge in [-0.1, -0.05) is 0 Å². The molecule has 1 aromatic rings. The highest BCUT2D eigenvalue weighted by molar-refractivity contribution is 5.94. The number of allylic oxidation sites excluding steroid dienone is 1. The van der Waals surface area contributed by atoms with E-state index in [1.54, 1.807) is 6.92 Å². The van der Waals surface area contributed by atoms with Gasteiger partial charge >= 0.3 is 5.97 Å². The molecule has 0 spiro atoms. The van der Waals surface area contributed by atoms with Gasteiger partial charge in [-0.15, -0.1) is 0 Å². The number of rotatable bonds is 5. The number of carbonyl (C=O) groups is 2. The summed E-state index contributed by atoms with van der Waals surface area (Å²) in [5, 5.41) is 10.5. The van der Waals surface area contributed by atoms with Crippen LogP contribution in [0.2, 0.25) is 0 Å². The van der Waals surface area contributed by atoms with Crippen molar-refractivity contribution in [2.24, 2.45) is 0 Å². The van der Waals surface area contributed by atoms with E-state index in [0.717, 1.165) is 6.08 Å². The van der Waals surface area contributed by atoms with E-state index >= 15 is 0 Å². The molecule has 0 heterocycles. The van der Waals surface area contributed by atoms with Gasteiger partial charge in [0.05, 0.1) is 12.0 Å². The summed E-state index contributed by atoms with van der Waals surface area (Å²) in [7, 11) is 1.24. The second kappa shape index (κ2) is 6.88. The Kier molecular flexibility index (Phi) is 5.21. The summed E-state index contributed by atoms with van der Waals surface area (Å²) in [5.74, 6) is -1.04. The first-order valence-electron chi connectivity index (χ1n) is 5.51. The van der Waals surface area contributed by atoms with E-state index in [0.29, 0.717) is 5.70 Å². The van der Waals surface area contributed by atoms with E-state index in [9.17, 15) is 19.7 Å². The average molecular weight is 279 g/mol. The number of benzene rings is 1. The molecule has 0 fully saturated rings. The molecule has 1 amide bonds. The van der Waals surface area contributed by atoms with Crippen LogP contribution in [0.4, 0.5) is 5.69 Å². The number of hydrazine groups is 1. The van der Waals surface area contributed by atoms with E-state index in [1.165, 1.54) is 31.4 Å². The number of amides is 1. The van der Waals surface area contributed by atoms with Crippen LogP contribution in [0, 0.1) is 10.1 Å². The SMILES string of the molecule is COC(=O)/C=C(/C)NNC(=O)c1ccc([N+](=O)[O-])cc1. The summed E-state index contributed by atoms with van der Waals surface area (Å²) in [6, 6.07) is 5.11. The molecule has 0 aliphatic heterocycles. The first kappa shape index (κ1) is 15.2. The molecule has 20 heavy (non-hydrogen) atoms. The predicted molar refractivity (Wildman–Crippen MR) is 69.5 cm³/mol. The third-order valence-corrected chi connectivity index (χ3v) is 2.25. The number of nitro groups is 1. The first-order valence-corrected chi connectivity index (χ1v) is 5.51. The molecule has 106 valence electrons. The Morgan fingerprint density at radius 2 is 1.85 bits per heavy atom. The van der Waals surface area contributed by atoms with Crippen LogP contribution in [-0.2, 0) is 9.53 Å². The first-order chi connectivity index (χ1) is 9.43. The lowest BCUT2D eigenvalue weighted by Crippen LogP contribution is -2.36. The third-order valence-electron chi connectivity index (χ3n) is 2.25. The lowest BCUT2D eigenvalue weighted by Gasteiger charge is -2.08. The van der Waals surface area contributed by atoms with Gasteiger partial charge in [-0.2, -0.15) is 0 Å². The summed E-state index contributed by atoms with van der Waals surface area (Å²) in [5.41, 5.74) is 5.38. The van der Waals surface area contributed by atoms with Crippen LogP contribution in [0.15, 0.2) is 36.0 Å². The maximum absolute atomic E-state index is 11.7. The van der Waals surface area contributed by atoms with Crippen molar-refractivity contribution >= 4 is 17.6 Å². The van der Waals surface area contributed by atoms with Gasteiger partial charge in [0.25, 0.3) is 11.6 Å². The summed E-state index contributed by atoms with van der Waals surface area (Å²) >= 11 is 0. The highest BCUT2D eigenvalue weighted by Gasteiger charge is 2.09. The van der Waals surface area contributed by atoms with E-state index in [4.69, 9.17) is 0 Å². The molecule has 8 nitrogen and oxygen atoms in total. The standard InChI is InChI=1S/C12H13N3O5/c1-8(7-11(16)20-2)13-14-12(17)9-3-5-10(6-4-9)15(18)19/h3-7,13H,1-2H3,(H,14,17)/b8-7-. The Morgan fingerprint density at radius 3 is 2.35 bits per heavy atom. The molecule has 0 aromatic heterocycles. The highest BCUT2D eigenvalue weighted by atomic mass is 16.6. The van der Waals surface area contributed by atoms with E-state index in [1.807, 2.05) is 0 Å². The molecule has 8 heteroatoms. The predicted octanol–water partition coefficient (Wildman–Crippen LogP) is 0.906. The monoisotopic (exact) mass is 279 g/mol. The molecule has 0 aliphatic carbocycles. The number of nitrogens with one attached hydrogen (secondary N) is 2. The second-order valence-corrected chi connectivity index (χ2v) is 3.73. The topological polar surface area (TPSA) is 111 Å². The lowest BCUT2D eigenvalue weighted by molar-refractivity contribution is -0.384. The van der Waals surface area contributed by atoms with Crippen molar-refractivity contribution in [1.29, 1.82) is 0 Å². The van der Waals surface area contributed by atoms with Gasteiger partial charge in [-0.25, -0.2) is 4.79 Å². The van der Waals surface area contributed by atoms with E-state index in [-0.39, 0.29) is 11.3 Å². The number of esters is 1. The van der Waals surface area contributed by atoms with Crippen molar-refractivity contribution in [2.75, 3.05) is 7.11 Å². The number of ether oxygens (including phenoxy) is 1.